The van der Waals surface area contributed by atoms with Gasteiger partial charge < -0.3 is 5.11 Å². The summed E-state index contributed by atoms with van der Waals surface area (Å²) < 4.78 is 0.217. The van der Waals surface area contributed by atoms with Crippen LogP contribution in [0.15, 0.2) is 10.5 Å². The first-order chi connectivity index (χ1) is 5.95. The van der Waals surface area contributed by atoms with Crippen LogP contribution in [0.25, 0.3) is 0 Å². The van der Waals surface area contributed by atoms with Gasteiger partial charge in [0, 0.05) is 5.56 Å². The largest absolute Gasteiger partial charge is 0.501 e. The smallest absolute Gasteiger partial charge is 0.316 e. The molecule has 1 rings (SSSR count). The SMILES string of the molecule is Cc1c(Cl)cc(Br)c(O)c1[N+](=O)[O-]. The van der Waals surface area contributed by atoms with Gasteiger partial charge in [0.05, 0.1) is 14.4 Å². The quantitative estimate of drug-likeness (QED) is 0.628. The van der Waals surface area contributed by atoms with Crippen LogP contribution in [0.1, 0.15) is 5.56 Å². The molecular formula is C7H5BrClNO3. The van der Waals surface area contributed by atoms with Crippen molar-refractivity contribution < 1.29 is 10.0 Å². The molecule has 0 spiro atoms. The first-order valence-electron chi connectivity index (χ1n) is 3.27. The van der Waals surface area contributed by atoms with Crippen LogP contribution >= 0.6 is 27.5 Å². The van der Waals surface area contributed by atoms with Crippen molar-refractivity contribution in [1.82, 2.24) is 0 Å². The Morgan fingerprint density at radius 1 is 1.69 bits per heavy atom. The highest BCUT2D eigenvalue weighted by Gasteiger charge is 2.22. The summed E-state index contributed by atoms with van der Waals surface area (Å²) in [5.74, 6) is -0.396. The van der Waals surface area contributed by atoms with Gasteiger partial charge in [-0.15, -0.1) is 0 Å². The topological polar surface area (TPSA) is 63.4 Å². The van der Waals surface area contributed by atoms with Gasteiger partial charge in [-0.3, -0.25) is 10.1 Å². The van der Waals surface area contributed by atoms with E-state index in [4.69, 9.17) is 11.6 Å². The summed E-state index contributed by atoms with van der Waals surface area (Å²) >= 11 is 8.65. The monoisotopic (exact) mass is 265 g/mol. The number of rotatable bonds is 1. The third kappa shape index (κ3) is 1.76. The number of phenolic OH excluding ortho intramolecular Hbond substituents is 1. The van der Waals surface area contributed by atoms with Gasteiger partial charge in [-0.2, -0.15) is 0 Å². The average Bonchev–Trinajstić information content (AvgIpc) is 2.01. The van der Waals surface area contributed by atoms with Gasteiger partial charge in [0.2, 0.25) is 5.75 Å². The maximum Gasteiger partial charge on any atom is 0.316 e. The lowest BCUT2D eigenvalue weighted by Crippen LogP contribution is -1.93. The van der Waals surface area contributed by atoms with E-state index in [2.05, 4.69) is 15.9 Å². The minimum absolute atomic E-state index is 0.217. The molecule has 0 atom stereocenters. The van der Waals surface area contributed by atoms with Gasteiger partial charge >= 0.3 is 5.69 Å². The second-order valence-electron chi connectivity index (χ2n) is 2.42. The number of benzene rings is 1. The fourth-order valence-electron chi connectivity index (χ4n) is 0.915. The lowest BCUT2D eigenvalue weighted by atomic mass is 10.2. The van der Waals surface area contributed by atoms with Crippen molar-refractivity contribution >= 4 is 33.2 Å². The van der Waals surface area contributed by atoms with Crippen molar-refractivity contribution in [2.45, 2.75) is 6.92 Å². The Bertz CT molecular complexity index is 354. The standard InChI is InChI=1S/C7H5BrClNO3/c1-3-5(9)2-4(8)7(11)6(3)10(12)13/h2,11H,1H3. The third-order valence-corrected chi connectivity index (χ3v) is 2.60. The molecule has 0 aliphatic carbocycles. The van der Waals surface area contributed by atoms with Gasteiger partial charge in [0.15, 0.2) is 0 Å². The first-order valence-corrected chi connectivity index (χ1v) is 4.44. The van der Waals surface area contributed by atoms with Gasteiger partial charge in [0.1, 0.15) is 0 Å². The van der Waals surface area contributed by atoms with E-state index in [9.17, 15) is 15.2 Å². The van der Waals surface area contributed by atoms with Crippen molar-refractivity contribution in [3.8, 4) is 5.75 Å². The van der Waals surface area contributed by atoms with E-state index in [1.54, 1.807) is 0 Å². The molecule has 0 radical (unpaired) electrons. The summed E-state index contributed by atoms with van der Waals surface area (Å²) in [7, 11) is 0. The molecule has 0 aliphatic heterocycles. The van der Waals surface area contributed by atoms with Crippen molar-refractivity contribution in [3.05, 3.63) is 31.2 Å². The zero-order valence-electron chi connectivity index (χ0n) is 6.54. The Labute approximate surface area is 87.4 Å². The summed E-state index contributed by atoms with van der Waals surface area (Å²) in [5, 5.41) is 20.1. The maximum absolute atomic E-state index is 10.5. The molecule has 0 saturated carbocycles. The van der Waals surface area contributed by atoms with E-state index in [1.165, 1.54) is 13.0 Å². The minimum Gasteiger partial charge on any atom is -0.501 e. The Kier molecular flexibility index (Phi) is 2.77. The van der Waals surface area contributed by atoms with Crippen molar-refractivity contribution in [2.75, 3.05) is 0 Å². The lowest BCUT2D eigenvalue weighted by Gasteiger charge is -2.03. The molecule has 0 aromatic heterocycles. The maximum atomic E-state index is 10.5. The summed E-state index contributed by atoms with van der Waals surface area (Å²) in [6, 6.07) is 1.42. The highest BCUT2D eigenvalue weighted by atomic mass is 79.9. The molecule has 0 amide bonds. The Morgan fingerprint density at radius 3 is 2.69 bits per heavy atom. The van der Waals surface area contributed by atoms with Crippen LogP contribution < -0.4 is 0 Å². The van der Waals surface area contributed by atoms with Crippen LogP contribution in [-0.2, 0) is 0 Å². The number of phenols is 1. The molecule has 1 aromatic rings. The molecule has 13 heavy (non-hydrogen) atoms. The van der Waals surface area contributed by atoms with E-state index in [-0.39, 0.29) is 20.7 Å². The van der Waals surface area contributed by atoms with Crippen molar-refractivity contribution in [3.63, 3.8) is 0 Å². The fraction of sp³-hybridized carbons (Fsp3) is 0.143. The molecule has 1 N–H and O–H groups in total. The summed E-state index contributed by atoms with van der Waals surface area (Å²) in [4.78, 5) is 9.85. The van der Waals surface area contributed by atoms with Crippen molar-refractivity contribution in [2.24, 2.45) is 0 Å². The van der Waals surface area contributed by atoms with E-state index in [0.717, 1.165) is 0 Å². The molecule has 0 aliphatic rings. The summed E-state index contributed by atoms with van der Waals surface area (Å²) in [6.45, 7) is 1.48. The molecule has 0 saturated heterocycles. The zero-order valence-corrected chi connectivity index (χ0v) is 8.89. The Balaban J connectivity index is 3.56. The molecule has 4 nitrogen and oxygen atoms in total. The van der Waals surface area contributed by atoms with Crippen LogP contribution in [-0.4, -0.2) is 10.0 Å². The third-order valence-electron chi connectivity index (χ3n) is 1.60. The molecule has 6 heteroatoms. The van der Waals surface area contributed by atoms with E-state index in [0.29, 0.717) is 0 Å². The molecule has 0 unspecified atom stereocenters. The average molecular weight is 266 g/mol. The molecule has 1 aromatic carbocycles. The fourth-order valence-corrected chi connectivity index (χ4v) is 1.66. The van der Waals surface area contributed by atoms with Gasteiger partial charge in [-0.05, 0) is 28.9 Å². The Hall–Kier alpha value is -0.810. The number of aromatic hydroxyl groups is 1. The van der Waals surface area contributed by atoms with E-state index >= 15 is 0 Å². The van der Waals surface area contributed by atoms with E-state index < -0.39 is 10.7 Å². The molecule has 0 bridgehead atoms. The Morgan fingerprint density at radius 2 is 2.23 bits per heavy atom. The minimum atomic E-state index is -0.665. The second-order valence-corrected chi connectivity index (χ2v) is 3.68. The molecular weight excluding hydrogens is 261 g/mol. The van der Waals surface area contributed by atoms with Crippen LogP contribution in [0.4, 0.5) is 5.69 Å². The summed E-state index contributed by atoms with van der Waals surface area (Å²) in [6.07, 6.45) is 0. The highest BCUT2D eigenvalue weighted by molar-refractivity contribution is 9.10. The normalized spacial score (nSPS) is 10.1. The number of nitrogens with zero attached hydrogens (tertiary/aromatic N) is 1. The second kappa shape index (κ2) is 3.51. The van der Waals surface area contributed by atoms with Gasteiger partial charge in [-0.1, -0.05) is 11.6 Å². The van der Waals surface area contributed by atoms with Crippen LogP contribution in [0, 0.1) is 17.0 Å². The highest BCUT2D eigenvalue weighted by Crippen LogP contribution is 2.40. The van der Waals surface area contributed by atoms with E-state index in [1.807, 2.05) is 0 Å². The predicted octanol–water partition coefficient (Wildman–Crippen LogP) is 3.02. The number of halogens is 2. The van der Waals surface area contributed by atoms with Crippen LogP contribution in [0.5, 0.6) is 5.75 Å². The molecule has 0 heterocycles. The first kappa shape index (κ1) is 10.3. The van der Waals surface area contributed by atoms with Crippen LogP contribution in [0.3, 0.4) is 0 Å². The number of nitro benzene ring substituents is 1. The lowest BCUT2D eigenvalue weighted by molar-refractivity contribution is -0.386. The molecule has 0 fully saturated rings. The van der Waals surface area contributed by atoms with Gasteiger partial charge in [0.25, 0.3) is 0 Å². The van der Waals surface area contributed by atoms with Gasteiger partial charge in [-0.25, -0.2) is 0 Å². The molecule has 70 valence electrons. The number of hydrogen-bond acceptors (Lipinski definition) is 3. The van der Waals surface area contributed by atoms with Crippen LogP contribution in [0.2, 0.25) is 5.02 Å². The number of nitro groups is 1. The van der Waals surface area contributed by atoms with Crippen molar-refractivity contribution in [1.29, 1.82) is 0 Å². The predicted molar refractivity (Wildman–Crippen MR) is 52.2 cm³/mol. The summed E-state index contributed by atoms with van der Waals surface area (Å²) in [5.41, 5.74) is -0.105. The zero-order chi connectivity index (χ0) is 10.2. The number of hydrogen-bond donors (Lipinski definition) is 1.